The van der Waals surface area contributed by atoms with Crippen LogP contribution < -0.4 is 10.6 Å². The van der Waals surface area contributed by atoms with Crippen LogP contribution in [0.1, 0.15) is 10.4 Å². The molecular formula is C14H16ClN3O2. The Bertz CT molecular complexity index is 647. The lowest BCUT2D eigenvalue weighted by Gasteiger charge is -2.29. The maximum atomic E-state index is 11.6. The van der Waals surface area contributed by atoms with Crippen molar-refractivity contribution in [2.45, 2.75) is 6.00 Å². The standard InChI is InChI=1S/C14H16ClN3O2/c15-9-18-8-11(14(16)19)10-2-1-3-12(13(10)18)17-4-6-20-7-5-17/h1-3,8H,4-7,9H2,(H2,16,19). The predicted octanol–water partition coefficient (Wildman–Crippen LogP) is 1.77. The number of anilines is 1. The largest absolute Gasteiger partial charge is 0.378 e. The molecular weight excluding hydrogens is 278 g/mol. The highest BCUT2D eigenvalue weighted by molar-refractivity contribution is 6.17. The molecule has 3 rings (SSSR count). The number of nitrogens with zero attached hydrogens (tertiary/aromatic N) is 2. The quantitative estimate of drug-likeness (QED) is 0.878. The number of ether oxygens (including phenoxy) is 1. The molecule has 1 aliphatic heterocycles. The molecule has 1 aliphatic rings. The van der Waals surface area contributed by atoms with E-state index in [1.807, 2.05) is 22.8 Å². The number of carbonyl (C=O) groups is 1. The lowest BCUT2D eigenvalue weighted by atomic mass is 10.1. The fourth-order valence-electron chi connectivity index (χ4n) is 2.69. The molecule has 0 radical (unpaired) electrons. The van der Waals surface area contributed by atoms with Crippen molar-refractivity contribution in [1.29, 1.82) is 0 Å². The van der Waals surface area contributed by atoms with E-state index in [1.165, 1.54) is 0 Å². The van der Waals surface area contributed by atoms with Crippen LogP contribution in [0.4, 0.5) is 5.69 Å². The van der Waals surface area contributed by atoms with Crippen LogP contribution in [0.25, 0.3) is 10.9 Å². The van der Waals surface area contributed by atoms with Gasteiger partial charge in [-0.25, -0.2) is 0 Å². The Labute approximate surface area is 121 Å². The monoisotopic (exact) mass is 293 g/mol. The lowest BCUT2D eigenvalue weighted by Crippen LogP contribution is -2.36. The highest BCUT2D eigenvalue weighted by Crippen LogP contribution is 2.31. The predicted molar refractivity (Wildman–Crippen MR) is 79.3 cm³/mol. The Balaban J connectivity index is 2.19. The van der Waals surface area contributed by atoms with E-state index in [9.17, 15) is 4.79 Å². The topological polar surface area (TPSA) is 60.5 Å². The minimum absolute atomic E-state index is 0.283. The minimum Gasteiger partial charge on any atom is -0.378 e. The van der Waals surface area contributed by atoms with Gasteiger partial charge in [-0.2, -0.15) is 0 Å². The summed E-state index contributed by atoms with van der Waals surface area (Å²) in [7, 11) is 0. The summed E-state index contributed by atoms with van der Waals surface area (Å²) in [4.78, 5) is 13.8. The zero-order chi connectivity index (χ0) is 14.1. The fourth-order valence-corrected chi connectivity index (χ4v) is 2.88. The number of para-hydroxylation sites is 1. The van der Waals surface area contributed by atoms with E-state index in [4.69, 9.17) is 22.1 Å². The molecule has 2 aromatic rings. The van der Waals surface area contributed by atoms with Crippen molar-refractivity contribution in [1.82, 2.24) is 4.57 Å². The van der Waals surface area contributed by atoms with Crippen LogP contribution in [0.5, 0.6) is 0 Å². The Morgan fingerprint density at radius 3 is 2.75 bits per heavy atom. The van der Waals surface area contributed by atoms with Crippen molar-refractivity contribution in [3.8, 4) is 0 Å². The zero-order valence-electron chi connectivity index (χ0n) is 11.0. The summed E-state index contributed by atoms with van der Waals surface area (Å²) in [6, 6.07) is 6.17. The van der Waals surface area contributed by atoms with Gasteiger partial charge in [-0.05, 0) is 6.07 Å². The van der Waals surface area contributed by atoms with Crippen molar-refractivity contribution < 1.29 is 9.53 Å². The number of halogens is 1. The highest BCUT2D eigenvalue weighted by Gasteiger charge is 2.19. The third kappa shape index (κ3) is 2.13. The van der Waals surface area contributed by atoms with Crippen molar-refractivity contribution in [2.75, 3.05) is 31.2 Å². The Hall–Kier alpha value is -1.72. The molecule has 0 unspecified atom stereocenters. The summed E-state index contributed by atoms with van der Waals surface area (Å²) >= 11 is 6.00. The first-order valence-corrected chi connectivity index (χ1v) is 7.06. The molecule has 6 heteroatoms. The minimum atomic E-state index is -0.432. The van der Waals surface area contributed by atoms with Crippen LogP contribution in [0.15, 0.2) is 24.4 Å². The van der Waals surface area contributed by atoms with Gasteiger partial charge in [-0.3, -0.25) is 4.79 Å². The first kappa shape index (κ1) is 13.3. The highest BCUT2D eigenvalue weighted by atomic mass is 35.5. The Kier molecular flexibility index (Phi) is 3.54. The van der Waals surface area contributed by atoms with Crippen molar-refractivity contribution in [3.05, 3.63) is 30.0 Å². The zero-order valence-corrected chi connectivity index (χ0v) is 11.8. The van der Waals surface area contributed by atoms with Gasteiger partial charge in [0, 0.05) is 24.7 Å². The first-order chi connectivity index (χ1) is 9.72. The number of carbonyl (C=O) groups excluding carboxylic acids is 1. The van der Waals surface area contributed by atoms with Gasteiger partial charge in [0.25, 0.3) is 5.91 Å². The number of rotatable bonds is 3. The summed E-state index contributed by atoms with van der Waals surface area (Å²) in [5.41, 5.74) is 7.98. The van der Waals surface area contributed by atoms with Gasteiger partial charge in [-0.1, -0.05) is 12.1 Å². The molecule has 0 bridgehead atoms. The van der Waals surface area contributed by atoms with Crippen LogP contribution in [0.2, 0.25) is 0 Å². The van der Waals surface area contributed by atoms with E-state index < -0.39 is 5.91 Å². The van der Waals surface area contributed by atoms with Crippen LogP contribution in [0.3, 0.4) is 0 Å². The second kappa shape index (κ2) is 5.34. The maximum Gasteiger partial charge on any atom is 0.250 e. The summed E-state index contributed by atoms with van der Waals surface area (Å²) < 4.78 is 7.25. The van der Waals surface area contributed by atoms with E-state index in [0.717, 1.165) is 29.7 Å². The van der Waals surface area contributed by atoms with E-state index in [1.54, 1.807) is 6.20 Å². The summed E-state index contributed by atoms with van der Waals surface area (Å²) in [5, 5.41) is 0.849. The fraction of sp³-hybridized carbons (Fsp3) is 0.357. The summed E-state index contributed by atoms with van der Waals surface area (Å²) in [6.45, 7) is 3.08. The molecule has 1 aromatic heterocycles. The van der Waals surface area contributed by atoms with Gasteiger partial charge >= 0.3 is 0 Å². The van der Waals surface area contributed by atoms with Crippen molar-refractivity contribution >= 4 is 34.1 Å². The number of nitrogens with two attached hydrogens (primary N) is 1. The number of alkyl halides is 1. The molecule has 1 saturated heterocycles. The molecule has 106 valence electrons. The number of hydrogen-bond donors (Lipinski definition) is 1. The molecule has 0 atom stereocenters. The number of primary amides is 1. The van der Waals surface area contributed by atoms with Gasteiger partial charge in [0.05, 0.1) is 36.0 Å². The average molecular weight is 294 g/mol. The van der Waals surface area contributed by atoms with Gasteiger partial charge < -0.3 is 19.9 Å². The third-order valence-electron chi connectivity index (χ3n) is 3.62. The van der Waals surface area contributed by atoms with E-state index in [0.29, 0.717) is 18.8 Å². The Morgan fingerprint density at radius 1 is 1.35 bits per heavy atom. The summed E-state index contributed by atoms with van der Waals surface area (Å²) in [6.07, 6.45) is 1.73. The molecule has 0 spiro atoms. The third-order valence-corrected chi connectivity index (χ3v) is 3.88. The molecule has 1 fully saturated rings. The van der Waals surface area contributed by atoms with E-state index in [-0.39, 0.29) is 6.00 Å². The molecule has 20 heavy (non-hydrogen) atoms. The van der Waals surface area contributed by atoms with Crippen LogP contribution in [-0.4, -0.2) is 36.8 Å². The number of hydrogen-bond acceptors (Lipinski definition) is 3. The lowest BCUT2D eigenvalue weighted by molar-refractivity contribution is 0.100. The normalized spacial score (nSPS) is 15.8. The first-order valence-electron chi connectivity index (χ1n) is 6.52. The SMILES string of the molecule is NC(=O)c1cn(CCl)c2c(N3CCOCC3)cccc12. The van der Waals surface area contributed by atoms with Gasteiger partial charge in [0.2, 0.25) is 0 Å². The van der Waals surface area contributed by atoms with Gasteiger partial charge in [0.15, 0.2) is 0 Å². The molecule has 2 N–H and O–H groups in total. The number of aromatic nitrogens is 1. The van der Waals surface area contributed by atoms with E-state index in [2.05, 4.69) is 4.90 Å². The number of fused-ring (bicyclic) bond motifs is 1. The second-order valence-electron chi connectivity index (χ2n) is 4.77. The Morgan fingerprint density at radius 2 is 2.10 bits per heavy atom. The van der Waals surface area contributed by atoms with Gasteiger partial charge in [-0.15, -0.1) is 11.6 Å². The molecule has 1 amide bonds. The molecule has 0 aliphatic carbocycles. The van der Waals surface area contributed by atoms with Crippen molar-refractivity contribution in [3.63, 3.8) is 0 Å². The molecule has 0 saturated carbocycles. The smallest absolute Gasteiger partial charge is 0.250 e. The molecule has 2 heterocycles. The van der Waals surface area contributed by atoms with Crippen LogP contribution in [0, 0.1) is 0 Å². The molecule has 1 aromatic carbocycles. The average Bonchev–Trinajstić information content (AvgIpc) is 2.87. The van der Waals surface area contributed by atoms with Gasteiger partial charge in [0.1, 0.15) is 0 Å². The number of benzene rings is 1. The number of amides is 1. The van der Waals surface area contributed by atoms with Crippen LogP contribution >= 0.6 is 11.6 Å². The second-order valence-corrected chi connectivity index (χ2v) is 5.01. The maximum absolute atomic E-state index is 11.6. The number of morpholine rings is 1. The van der Waals surface area contributed by atoms with Crippen molar-refractivity contribution in [2.24, 2.45) is 5.73 Å². The molecule has 5 nitrogen and oxygen atoms in total. The summed E-state index contributed by atoms with van der Waals surface area (Å²) in [5.74, 6) is -0.432. The van der Waals surface area contributed by atoms with E-state index >= 15 is 0 Å². The van der Waals surface area contributed by atoms with Crippen LogP contribution in [-0.2, 0) is 10.7 Å².